The molecule has 0 atom stereocenters. The highest BCUT2D eigenvalue weighted by Gasteiger charge is 2.17. The highest BCUT2D eigenvalue weighted by Crippen LogP contribution is 2.31. The van der Waals surface area contributed by atoms with E-state index in [1.807, 2.05) is 0 Å². The third-order valence-electron chi connectivity index (χ3n) is 3.78. The fourth-order valence-electron chi connectivity index (χ4n) is 2.36. The molecule has 0 amide bonds. The number of aryl methyl sites for hydroxylation is 1. The maximum absolute atomic E-state index is 11.1. The molecule has 0 aliphatic rings. The molecule has 0 aliphatic heterocycles. The first kappa shape index (κ1) is 16.2. The van der Waals surface area contributed by atoms with Gasteiger partial charge in [-0.3, -0.25) is 10.1 Å². The third kappa shape index (κ3) is 3.05. The highest BCUT2D eigenvalue weighted by molar-refractivity contribution is 5.81. The van der Waals surface area contributed by atoms with E-state index in [0.29, 0.717) is 28.4 Å². The molecule has 7 heteroatoms. The van der Waals surface area contributed by atoms with Crippen LogP contribution in [0.5, 0.6) is 0 Å². The summed E-state index contributed by atoms with van der Waals surface area (Å²) >= 11 is 0. The van der Waals surface area contributed by atoms with Gasteiger partial charge in [0.2, 0.25) is 5.88 Å². The fraction of sp³-hybridized carbons (Fsp3) is 0.111. The summed E-state index contributed by atoms with van der Waals surface area (Å²) in [6.45, 7) is 3.55. The topological polar surface area (TPSA) is 106 Å². The Morgan fingerprint density at radius 2 is 1.96 bits per heavy atom. The molecule has 2 aromatic heterocycles. The molecular weight excluding hydrogens is 322 g/mol. The SMILES string of the molecule is Cc1oc(N=Cc2ccc(-c3ccccc3[N+](=O)[O-])o2)c(C#N)c1C. The van der Waals surface area contributed by atoms with E-state index in [4.69, 9.17) is 8.83 Å². The van der Waals surface area contributed by atoms with Gasteiger partial charge in [-0.25, -0.2) is 4.99 Å². The van der Waals surface area contributed by atoms with Crippen molar-refractivity contribution in [1.82, 2.24) is 0 Å². The van der Waals surface area contributed by atoms with Gasteiger partial charge in [0.1, 0.15) is 28.9 Å². The number of furan rings is 2. The summed E-state index contributed by atoms with van der Waals surface area (Å²) in [5, 5.41) is 20.3. The Hall–Kier alpha value is -3.66. The van der Waals surface area contributed by atoms with Gasteiger partial charge in [0, 0.05) is 11.6 Å². The minimum absolute atomic E-state index is 0.0376. The van der Waals surface area contributed by atoms with Crippen LogP contribution in [0.1, 0.15) is 22.6 Å². The minimum atomic E-state index is -0.459. The van der Waals surface area contributed by atoms with E-state index in [1.54, 1.807) is 44.2 Å². The van der Waals surface area contributed by atoms with Crippen molar-refractivity contribution in [2.24, 2.45) is 4.99 Å². The molecule has 3 aromatic rings. The van der Waals surface area contributed by atoms with Crippen molar-refractivity contribution in [3.63, 3.8) is 0 Å². The van der Waals surface area contributed by atoms with Gasteiger partial charge in [0.15, 0.2) is 0 Å². The molecule has 0 fully saturated rings. The number of rotatable bonds is 4. The Balaban J connectivity index is 1.92. The summed E-state index contributed by atoms with van der Waals surface area (Å²) < 4.78 is 11.1. The molecule has 25 heavy (non-hydrogen) atoms. The Bertz CT molecular complexity index is 1020. The average molecular weight is 335 g/mol. The Morgan fingerprint density at radius 3 is 2.68 bits per heavy atom. The number of nitrogens with zero attached hydrogens (tertiary/aromatic N) is 3. The van der Waals surface area contributed by atoms with Crippen molar-refractivity contribution in [2.75, 3.05) is 0 Å². The zero-order valence-electron chi connectivity index (χ0n) is 13.5. The number of nitro groups is 1. The van der Waals surface area contributed by atoms with Gasteiger partial charge in [-0.2, -0.15) is 5.26 Å². The smallest absolute Gasteiger partial charge is 0.280 e. The van der Waals surface area contributed by atoms with Crippen molar-refractivity contribution >= 4 is 17.8 Å². The lowest BCUT2D eigenvalue weighted by Crippen LogP contribution is -1.90. The van der Waals surface area contributed by atoms with E-state index in [2.05, 4.69) is 11.1 Å². The van der Waals surface area contributed by atoms with Crippen LogP contribution in [0.2, 0.25) is 0 Å². The van der Waals surface area contributed by atoms with Gasteiger partial charge in [0.05, 0.1) is 16.7 Å². The van der Waals surface area contributed by atoms with Gasteiger partial charge in [0.25, 0.3) is 5.69 Å². The number of nitro benzene ring substituents is 1. The predicted molar refractivity (Wildman–Crippen MR) is 90.9 cm³/mol. The summed E-state index contributed by atoms with van der Waals surface area (Å²) in [7, 11) is 0. The van der Waals surface area contributed by atoms with Crippen molar-refractivity contribution in [3.8, 4) is 17.4 Å². The van der Waals surface area contributed by atoms with Crippen molar-refractivity contribution in [3.05, 3.63) is 69.2 Å². The standard InChI is InChI=1S/C18H13N3O4/c1-11-12(2)24-18(15(11)9-19)20-10-13-7-8-17(25-13)14-5-3-4-6-16(14)21(22)23/h3-8,10H,1-2H3. The Kier molecular flexibility index (Phi) is 4.18. The first-order valence-corrected chi connectivity index (χ1v) is 7.39. The Labute approximate surface area is 143 Å². The predicted octanol–water partition coefficient (Wildman–Crippen LogP) is 4.69. The summed E-state index contributed by atoms with van der Waals surface area (Å²) in [6, 6.07) is 11.7. The number of benzene rings is 1. The zero-order valence-corrected chi connectivity index (χ0v) is 13.5. The van der Waals surface area contributed by atoms with Crippen LogP contribution in [0, 0.1) is 35.3 Å². The monoisotopic (exact) mass is 335 g/mol. The molecular formula is C18H13N3O4. The van der Waals surface area contributed by atoms with Crippen LogP contribution in [0.3, 0.4) is 0 Å². The molecule has 0 N–H and O–H groups in total. The second-order valence-corrected chi connectivity index (χ2v) is 5.31. The molecule has 0 unspecified atom stereocenters. The second-order valence-electron chi connectivity index (χ2n) is 5.31. The highest BCUT2D eigenvalue weighted by atomic mass is 16.6. The molecule has 0 aliphatic carbocycles. The van der Waals surface area contributed by atoms with Crippen LogP contribution in [0.25, 0.3) is 11.3 Å². The van der Waals surface area contributed by atoms with Crippen molar-refractivity contribution < 1.29 is 13.8 Å². The van der Waals surface area contributed by atoms with E-state index in [-0.39, 0.29) is 11.6 Å². The van der Waals surface area contributed by atoms with E-state index in [1.165, 1.54) is 12.3 Å². The summed E-state index contributed by atoms with van der Waals surface area (Å²) in [5.41, 5.74) is 1.47. The number of nitriles is 1. The number of para-hydroxylation sites is 1. The zero-order chi connectivity index (χ0) is 18.0. The Morgan fingerprint density at radius 1 is 1.20 bits per heavy atom. The maximum Gasteiger partial charge on any atom is 0.280 e. The largest absolute Gasteiger partial charge is 0.455 e. The molecule has 0 saturated heterocycles. The van der Waals surface area contributed by atoms with Gasteiger partial charge >= 0.3 is 0 Å². The first-order chi connectivity index (χ1) is 12.0. The van der Waals surface area contributed by atoms with E-state index >= 15 is 0 Å². The van der Waals surface area contributed by atoms with Gasteiger partial charge in [-0.1, -0.05) is 12.1 Å². The van der Waals surface area contributed by atoms with Gasteiger partial charge in [-0.15, -0.1) is 0 Å². The van der Waals surface area contributed by atoms with Crippen molar-refractivity contribution in [2.45, 2.75) is 13.8 Å². The third-order valence-corrected chi connectivity index (χ3v) is 3.78. The van der Waals surface area contributed by atoms with Crippen LogP contribution in [-0.2, 0) is 0 Å². The van der Waals surface area contributed by atoms with Crippen LogP contribution < -0.4 is 0 Å². The molecule has 0 saturated carbocycles. The normalized spacial score (nSPS) is 10.9. The van der Waals surface area contributed by atoms with Crippen LogP contribution in [0.4, 0.5) is 11.6 Å². The quantitative estimate of drug-likeness (QED) is 0.391. The number of hydrogen-bond donors (Lipinski definition) is 0. The molecule has 124 valence electrons. The lowest BCUT2D eigenvalue weighted by atomic mass is 10.1. The van der Waals surface area contributed by atoms with E-state index in [0.717, 1.165) is 5.56 Å². The molecule has 7 nitrogen and oxygen atoms in total. The fourth-order valence-corrected chi connectivity index (χ4v) is 2.36. The van der Waals surface area contributed by atoms with E-state index in [9.17, 15) is 15.4 Å². The van der Waals surface area contributed by atoms with Crippen LogP contribution >= 0.6 is 0 Å². The molecule has 0 bridgehead atoms. The summed E-state index contributed by atoms with van der Waals surface area (Å²) in [6.07, 6.45) is 1.41. The molecule has 3 rings (SSSR count). The lowest BCUT2D eigenvalue weighted by Gasteiger charge is -1.98. The summed E-state index contributed by atoms with van der Waals surface area (Å²) in [4.78, 5) is 14.8. The summed E-state index contributed by atoms with van der Waals surface area (Å²) in [5.74, 6) is 1.59. The van der Waals surface area contributed by atoms with E-state index < -0.39 is 4.92 Å². The maximum atomic E-state index is 11.1. The molecule has 0 radical (unpaired) electrons. The lowest BCUT2D eigenvalue weighted by molar-refractivity contribution is -0.384. The molecule has 1 aromatic carbocycles. The minimum Gasteiger partial charge on any atom is -0.455 e. The van der Waals surface area contributed by atoms with Crippen LogP contribution in [-0.4, -0.2) is 11.1 Å². The number of hydrogen-bond acceptors (Lipinski definition) is 6. The molecule has 2 heterocycles. The van der Waals surface area contributed by atoms with Crippen LogP contribution in [0.15, 0.2) is 50.2 Å². The first-order valence-electron chi connectivity index (χ1n) is 7.39. The number of aliphatic imine (C=N–C) groups is 1. The van der Waals surface area contributed by atoms with Gasteiger partial charge < -0.3 is 8.83 Å². The second kappa shape index (κ2) is 6.45. The average Bonchev–Trinajstić information content (AvgIpc) is 3.18. The van der Waals surface area contributed by atoms with Crippen molar-refractivity contribution in [1.29, 1.82) is 5.26 Å². The molecule has 0 spiro atoms. The van der Waals surface area contributed by atoms with Gasteiger partial charge in [-0.05, 0) is 32.0 Å².